The molecule has 0 aromatic rings. The molecule has 0 radical (unpaired) electrons. The molecular formula is C10H17NO4. The highest BCUT2D eigenvalue weighted by atomic mass is 16.5. The van der Waals surface area contributed by atoms with Crippen LogP contribution in [0.2, 0.25) is 0 Å². The van der Waals surface area contributed by atoms with Crippen molar-refractivity contribution in [1.82, 2.24) is 5.32 Å². The lowest BCUT2D eigenvalue weighted by atomic mass is 10.0. The number of carboxylic acid groups (broad SMARTS) is 1. The van der Waals surface area contributed by atoms with Gasteiger partial charge in [0.2, 0.25) is 5.91 Å². The molecule has 86 valence electrons. The third-order valence-electron chi connectivity index (χ3n) is 2.45. The number of aliphatic carboxylic acids is 1. The van der Waals surface area contributed by atoms with Gasteiger partial charge in [0.25, 0.3) is 0 Å². The lowest BCUT2D eigenvalue weighted by molar-refractivity contribution is -0.144. The number of carbonyl (C=O) groups is 2. The normalized spacial score (nSPS) is 22.7. The van der Waals surface area contributed by atoms with Crippen LogP contribution in [-0.2, 0) is 14.3 Å². The smallest absolute Gasteiger partial charge is 0.326 e. The zero-order valence-corrected chi connectivity index (χ0v) is 9.03. The molecule has 0 saturated carbocycles. The fourth-order valence-electron chi connectivity index (χ4n) is 1.54. The molecule has 0 aliphatic carbocycles. The van der Waals surface area contributed by atoms with Gasteiger partial charge in [0.1, 0.15) is 12.1 Å². The highest BCUT2D eigenvalue weighted by Crippen LogP contribution is 2.13. The molecule has 0 spiro atoms. The zero-order valence-electron chi connectivity index (χ0n) is 9.03. The summed E-state index contributed by atoms with van der Waals surface area (Å²) in [4.78, 5) is 22.4. The minimum atomic E-state index is -1.00. The van der Waals surface area contributed by atoms with Crippen LogP contribution in [0, 0.1) is 5.92 Å². The van der Waals surface area contributed by atoms with Crippen molar-refractivity contribution in [1.29, 1.82) is 0 Å². The Bertz CT molecular complexity index is 246. The monoisotopic (exact) mass is 215 g/mol. The highest BCUT2D eigenvalue weighted by molar-refractivity contribution is 5.86. The molecule has 1 unspecified atom stereocenters. The van der Waals surface area contributed by atoms with Gasteiger partial charge in [-0.05, 0) is 18.8 Å². The summed E-state index contributed by atoms with van der Waals surface area (Å²) in [6.45, 7) is 4.10. The Labute approximate surface area is 88.8 Å². The second-order valence-electron chi connectivity index (χ2n) is 4.07. The van der Waals surface area contributed by atoms with E-state index in [9.17, 15) is 9.59 Å². The van der Waals surface area contributed by atoms with E-state index in [1.54, 1.807) is 13.8 Å². The zero-order chi connectivity index (χ0) is 11.4. The number of carboxylic acids is 1. The van der Waals surface area contributed by atoms with Gasteiger partial charge in [-0.25, -0.2) is 4.79 Å². The summed E-state index contributed by atoms with van der Waals surface area (Å²) in [7, 11) is 0. The van der Waals surface area contributed by atoms with Crippen LogP contribution in [0.25, 0.3) is 0 Å². The predicted octanol–water partition coefficient (Wildman–Crippen LogP) is 0.391. The Hall–Kier alpha value is -1.10. The molecule has 15 heavy (non-hydrogen) atoms. The van der Waals surface area contributed by atoms with E-state index in [2.05, 4.69) is 5.32 Å². The lowest BCUT2D eigenvalue weighted by Gasteiger charge is -2.19. The molecule has 2 N–H and O–H groups in total. The number of ether oxygens (including phenoxy) is 1. The molecule has 1 saturated heterocycles. The Morgan fingerprint density at radius 2 is 2.13 bits per heavy atom. The van der Waals surface area contributed by atoms with Crippen molar-refractivity contribution in [3.05, 3.63) is 0 Å². The van der Waals surface area contributed by atoms with Crippen molar-refractivity contribution in [2.45, 2.75) is 38.8 Å². The highest BCUT2D eigenvalue weighted by Gasteiger charge is 2.29. The van der Waals surface area contributed by atoms with Crippen LogP contribution in [-0.4, -0.2) is 35.7 Å². The molecule has 0 aromatic heterocycles. The minimum absolute atomic E-state index is 0.132. The molecule has 2 atom stereocenters. The van der Waals surface area contributed by atoms with Gasteiger partial charge in [-0.15, -0.1) is 0 Å². The van der Waals surface area contributed by atoms with Gasteiger partial charge >= 0.3 is 5.97 Å². The van der Waals surface area contributed by atoms with Crippen LogP contribution in [0.3, 0.4) is 0 Å². The van der Waals surface area contributed by atoms with Crippen LogP contribution in [0.15, 0.2) is 0 Å². The average molecular weight is 215 g/mol. The van der Waals surface area contributed by atoms with Gasteiger partial charge in [0.05, 0.1) is 0 Å². The first-order chi connectivity index (χ1) is 7.02. The molecule has 5 heteroatoms. The van der Waals surface area contributed by atoms with E-state index in [0.29, 0.717) is 13.0 Å². The summed E-state index contributed by atoms with van der Waals surface area (Å²) >= 11 is 0. The van der Waals surface area contributed by atoms with Gasteiger partial charge < -0.3 is 15.2 Å². The molecule has 0 bridgehead atoms. The number of hydrogen-bond donors (Lipinski definition) is 2. The van der Waals surface area contributed by atoms with E-state index in [-0.39, 0.29) is 11.8 Å². The SMILES string of the molecule is CC(C)C(NC(=O)[C@@H]1CCCO1)C(=O)O. The quantitative estimate of drug-likeness (QED) is 0.711. The maximum Gasteiger partial charge on any atom is 0.326 e. The Kier molecular flexibility index (Phi) is 4.08. The van der Waals surface area contributed by atoms with E-state index in [4.69, 9.17) is 9.84 Å². The maximum absolute atomic E-state index is 11.6. The van der Waals surface area contributed by atoms with Crippen LogP contribution >= 0.6 is 0 Å². The number of amides is 1. The number of carbonyl (C=O) groups excluding carboxylic acids is 1. The Morgan fingerprint density at radius 1 is 1.47 bits per heavy atom. The van der Waals surface area contributed by atoms with Crippen LogP contribution < -0.4 is 5.32 Å². The first-order valence-electron chi connectivity index (χ1n) is 5.17. The van der Waals surface area contributed by atoms with Gasteiger partial charge in [-0.1, -0.05) is 13.8 Å². The molecule has 1 fully saturated rings. The molecule has 0 aromatic carbocycles. The Morgan fingerprint density at radius 3 is 2.53 bits per heavy atom. The van der Waals surface area contributed by atoms with Gasteiger partial charge in [0, 0.05) is 6.61 Å². The third-order valence-corrected chi connectivity index (χ3v) is 2.45. The van der Waals surface area contributed by atoms with Crippen LogP contribution in [0.4, 0.5) is 0 Å². The van der Waals surface area contributed by atoms with Crippen molar-refractivity contribution < 1.29 is 19.4 Å². The summed E-state index contributed by atoms with van der Waals surface area (Å²) in [6.07, 6.45) is 1.07. The summed E-state index contributed by atoms with van der Waals surface area (Å²) in [6, 6.07) is -0.832. The first-order valence-corrected chi connectivity index (χ1v) is 5.17. The largest absolute Gasteiger partial charge is 0.480 e. The molecule has 1 amide bonds. The van der Waals surface area contributed by atoms with Crippen LogP contribution in [0.1, 0.15) is 26.7 Å². The fraction of sp³-hybridized carbons (Fsp3) is 0.800. The van der Waals surface area contributed by atoms with Crippen molar-refractivity contribution >= 4 is 11.9 Å². The number of nitrogens with one attached hydrogen (secondary N) is 1. The molecule has 1 rings (SSSR count). The summed E-state index contributed by atoms with van der Waals surface area (Å²) < 4.78 is 5.17. The number of hydrogen-bond acceptors (Lipinski definition) is 3. The van der Waals surface area contributed by atoms with E-state index in [0.717, 1.165) is 6.42 Å². The van der Waals surface area contributed by atoms with E-state index in [1.165, 1.54) is 0 Å². The van der Waals surface area contributed by atoms with Gasteiger partial charge in [-0.3, -0.25) is 4.79 Å². The Balaban J connectivity index is 2.50. The topological polar surface area (TPSA) is 75.6 Å². The first kappa shape index (κ1) is 12.0. The minimum Gasteiger partial charge on any atom is -0.480 e. The van der Waals surface area contributed by atoms with Crippen molar-refractivity contribution in [3.63, 3.8) is 0 Å². The maximum atomic E-state index is 11.6. The molecule has 1 aliphatic rings. The summed E-state index contributed by atoms with van der Waals surface area (Å²) in [5, 5.41) is 11.4. The van der Waals surface area contributed by atoms with E-state index >= 15 is 0 Å². The molecule has 5 nitrogen and oxygen atoms in total. The molecule has 1 aliphatic heterocycles. The predicted molar refractivity (Wildman–Crippen MR) is 53.4 cm³/mol. The lowest BCUT2D eigenvalue weighted by Crippen LogP contribution is -2.48. The average Bonchev–Trinajstić information content (AvgIpc) is 2.65. The second kappa shape index (κ2) is 5.11. The van der Waals surface area contributed by atoms with Gasteiger partial charge in [-0.2, -0.15) is 0 Å². The van der Waals surface area contributed by atoms with Crippen LogP contribution in [0.5, 0.6) is 0 Å². The van der Waals surface area contributed by atoms with Crippen molar-refractivity contribution in [3.8, 4) is 0 Å². The summed E-state index contributed by atoms with van der Waals surface area (Å²) in [5.74, 6) is -1.45. The standard InChI is InChI=1S/C10H17NO4/c1-6(2)8(10(13)14)11-9(12)7-4-3-5-15-7/h6-8H,3-5H2,1-2H3,(H,11,12)(H,13,14)/t7-,8?/m0/s1. The second-order valence-corrected chi connectivity index (χ2v) is 4.07. The van der Waals surface area contributed by atoms with Crippen molar-refractivity contribution in [2.24, 2.45) is 5.92 Å². The summed E-state index contributed by atoms with van der Waals surface area (Å²) in [5.41, 5.74) is 0. The fourth-order valence-corrected chi connectivity index (χ4v) is 1.54. The molecular weight excluding hydrogens is 198 g/mol. The molecule has 1 heterocycles. The number of rotatable bonds is 4. The third kappa shape index (κ3) is 3.20. The van der Waals surface area contributed by atoms with Crippen molar-refractivity contribution in [2.75, 3.05) is 6.61 Å². The van der Waals surface area contributed by atoms with Gasteiger partial charge in [0.15, 0.2) is 0 Å². The van der Waals surface area contributed by atoms with E-state index < -0.39 is 18.1 Å². The van der Waals surface area contributed by atoms with E-state index in [1.807, 2.05) is 0 Å².